The van der Waals surface area contributed by atoms with E-state index in [0.29, 0.717) is 26.1 Å². The molecule has 0 bridgehead atoms. The molecule has 2 fully saturated rings. The number of aliphatic carboxylic acids is 1. The first kappa shape index (κ1) is 13.3. The van der Waals surface area contributed by atoms with Gasteiger partial charge in [0.05, 0.1) is 17.9 Å². The molecule has 2 aliphatic rings. The lowest BCUT2D eigenvalue weighted by Crippen LogP contribution is -2.51. The van der Waals surface area contributed by atoms with Crippen molar-refractivity contribution in [3.05, 3.63) is 0 Å². The number of hydrogen-bond acceptors (Lipinski definition) is 3. The summed E-state index contributed by atoms with van der Waals surface area (Å²) in [6, 6.07) is 0. The minimum Gasteiger partial charge on any atom is -0.481 e. The third kappa shape index (κ3) is 2.66. The topological polar surface area (TPSA) is 66.8 Å². The summed E-state index contributed by atoms with van der Waals surface area (Å²) in [5.41, 5.74) is -0.460. The number of nitrogens with zero attached hydrogens (tertiary/aromatic N) is 1. The van der Waals surface area contributed by atoms with Crippen molar-refractivity contribution in [2.24, 2.45) is 11.3 Å². The molecule has 2 unspecified atom stereocenters. The van der Waals surface area contributed by atoms with Gasteiger partial charge in [-0.1, -0.05) is 0 Å². The smallest absolute Gasteiger partial charge is 0.308 e. The van der Waals surface area contributed by atoms with Gasteiger partial charge in [-0.05, 0) is 32.6 Å². The van der Waals surface area contributed by atoms with E-state index in [9.17, 15) is 9.59 Å². The van der Waals surface area contributed by atoms with Gasteiger partial charge in [-0.2, -0.15) is 0 Å². The van der Waals surface area contributed by atoms with Crippen LogP contribution in [0.5, 0.6) is 0 Å². The van der Waals surface area contributed by atoms with Gasteiger partial charge in [0.15, 0.2) is 0 Å². The van der Waals surface area contributed by atoms with Crippen LogP contribution in [0.15, 0.2) is 0 Å². The van der Waals surface area contributed by atoms with Crippen LogP contribution in [0.2, 0.25) is 0 Å². The van der Waals surface area contributed by atoms with Crippen LogP contribution >= 0.6 is 0 Å². The highest BCUT2D eigenvalue weighted by Crippen LogP contribution is 2.31. The molecule has 0 aromatic carbocycles. The second-order valence-corrected chi connectivity index (χ2v) is 5.65. The number of amides is 1. The van der Waals surface area contributed by atoms with Gasteiger partial charge in [-0.3, -0.25) is 9.59 Å². The third-order valence-corrected chi connectivity index (χ3v) is 4.01. The molecule has 102 valence electrons. The molecular weight excluding hydrogens is 234 g/mol. The lowest BCUT2D eigenvalue weighted by atomic mass is 9.82. The largest absolute Gasteiger partial charge is 0.481 e. The van der Waals surface area contributed by atoms with Crippen molar-refractivity contribution < 1.29 is 19.4 Å². The molecule has 2 heterocycles. The Balaban J connectivity index is 2.01. The first-order valence-electron chi connectivity index (χ1n) is 6.63. The van der Waals surface area contributed by atoms with Crippen molar-refractivity contribution >= 4 is 11.9 Å². The lowest BCUT2D eigenvalue weighted by molar-refractivity contribution is -0.153. The van der Waals surface area contributed by atoms with Gasteiger partial charge < -0.3 is 14.7 Å². The molecule has 0 aromatic rings. The minimum absolute atomic E-state index is 0.0631. The van der Waals surface area contributed by atoms with Crippen molar-refractivity contribution in [1.29, 1.82) is 0 Å². The maximum atomic E-state index is 12.5. The van der Waals surface area contributed by atoms with Gasteiger partial charge in [0.1, 0.15) is 0 Å². The molecule has 0 saturated carbocycles. The van der Waals surface area contributed by atoms with Gasteiger partial charge in [0.25, 0.3) is 0 Å². The van der Waals surface area contributed by atoms with E-state index in [2.05, 4.69) is 0 Å². The predicted octanol–water partition coefficient (Wildman–Crippen LogP) is 1.13. The number of hydrogen-bond donors (Lipinski definition) is 1. The minimum atomic E-state index is -0.794. The molecule has 0 radical (unpaired) electrons. The van der Waals surface area contributed by atoms with Crippen molar-refractivity contribution in [2.75, 3.05) is 26.3 Å². The van der Waals surface area contributed by atoms with E-state index in [1.165, 1.54) is 0 Å². The highest BCUT2D eigenvalue weighted by molar-refractivity contribution is 5.83. The summed E-state index contributed by atoms with van der Waals surface area (Å²) in [7, 11) is 0. The first-order chi connectivity index (χ1) is 8.53. The molecule has 2 atom stereocenters. The molecule has 5 nitrogen and oxygen atoms in total. The Labute approximate surface area is 107 Å². The Morgan fingerprint density at radius 3 is 2.78 bits per heavy atom. The lowest BCUT2D eigenvalue weighted by Gasteiger charge is -2.39. The van der Waals surface area contributed by atoms with Crippen LogP contribution in [-0.2, 0) is 14.3 Å². The molecular formula is C13H21NO4. The zero-order valence-electron chi connectivity index (χ0n) is 10.9. The number of carboxylic acids is 1. The normalized spacial score (nSPS) is 33.2. The fourth-order valence-corrected chi connectivity index (χ4v) is 2.85. The standard InChI is InChI=1S/C13H21NO4/c1-13(5-3-7-18-9-13)12(17)14-6-2-4-10(8-14)11(15)16/h10H,2-9H2,1H3,(H,15,16). The first-order valence-corrected chi connectivity index (χ1v) is 6.63. The van der Waals surface area contributed by atoms with Gasteiger partial charge in [-0.15, -0.1) is 0 Å². The van der Waals surface area contributed by atoms with Crippen LogP contribution in [0, 0.1) is 11.3 Å². The van der Waals surface area contributed by atoms with Gasteiger partial charge >= 0.3 is 5.97 Å². The molecule has 2 rings (SSSR count). The summed E-state index contributed by atoms with van der Waals surface area (Å²) in [6.07, 6.45) is 3.19. The van der Waals surface area contributed by atoms with Crippen LogP contribution in [-0.4, -0.2) is 48.2 Å². The molecule has 2 saturated heterocycles. The van der Waals surface area contributed by atoms with E-state index in [0.717, 1.165) is 25.9 Å². The summed E-state index contributed by atoms with van der Waals surface area (Å²) in [5.74, 6) is -1.14. The van der Waals surface area contributed by atoms with Crippen molar-refractivity contribution in [1.82, 2.24) is 4.90 Å². The average Bonchev–Trinajstić information content (AvgIpc) is 2.39. The van der Waals surface area contributed by atoms with Crippen molar-refractivity contribution in [3.8, 4) is 0 Å². The number of carboxylic acid groups (broad SMARTS) is 1. The second kappa shape index (κ2) is 5.26. The van der Waals surface area contributed by atoms with Crippen LogP contribution < -0.4 is 0 Å². The summed E-state index contributed by atoms with van der Waals surface area (Å²) in [6.45, 7) is 4.14. The molecule has 5 heteroatoms. The zero-order chi connectivity index (χ0) is 13.2. The summed E-state index contributed by atoms with van der Waals surface area (Å²) in [5, 5.41) is 9.05. The molecule has 0 aromatic heterocycles. The highest BCUT2D eigenvalue weighted by atomic mass is 16.5. The SMILES string of the molecule is CC1(C(=O)N2CCCC(C(=O)O)C2)CCCOC1. The number of likely N-dealkylation sites (tertiary alicyclic amines) is 1. The van der Waals surface area contributed by atoms with E-state index in [-0.39, 0.29) is 5.91 Å². The number of rotatable bonds is 2. The second-order valence-electron chi connectivity index (χ2n) is 5.65. The Morgan fingerprint density at radius 1 is 1.39 bits per heavy atom. The van der Waals surface area contributed by atoms with E-state index in [1.807, 2.05) is 6.92 Å². The van der Waals surface area contributed by atoms with Gasteiger partial charge in [0.2, 0.25) is 5.91 Å². The monoisotopic (exact) mass is 255 g/mol. The molecule has 1 amide bonds. The molecule has 18 heavy (non-hydrogen) atoms. The third-order valence-electron chi connectivity index (χ3n) is 4.01. The Kier molecular flexibility index (Phi) is 3.90. The van der Waals surface area contributed by atoms with Crippen LogP contribution in [0.25, 0.3) is 0 Å². The maximum Gasteiger partial charge on any atom is 0.308 e. The quantitative estimate of drug-likeness (QED) is 0.803. The fourth-order valence-electron chi connectivity index (χ4n) is 2.85. The summed E-state index contributed by atoms with van der Waals surface area (Å²) < 4.78 is 5.41. The van der Waals surface area contributed by atoms with Crippen LogP contribution in [0.1, 0.15) is 32.6 Å². The summed E-state index contributed by atoms with van der Waals surface area (Å²) >= 11 is 0. The van der Waals surface area contributed by atoms with Crippen LogP contribution in [0.4, 0.5) is 0 Å². The maximum absolute atomic E-state index is 12.5. The van der Waals surface area contributed by atoms with Crippen molar-refractivity contribution in [3.63, 3.8) is 0 Å². The van der Waals surface area contributed by atoms with Crippen LogP contribution in [0.3, 0.4) is 0 Å². The molecule has 0 spiro atoms. The number of carbonyl (C=O) groups is 2. The number of ether oxygens (including phenoxy) is 1. The molecule has 1 N–H and O–H groups in total. The highest BCUT2D eigenvalue weighted by Gasteiger charge is 2.40. The van der Waals surface area contributed by atoms with E-state index < -0.39 is 17.3 Å². The molecule has 0 aliphatic carbocycles. The van der Waals surface area contributed by atoms with Gasteiger partial charge in [-0.25, -0.2) is 0 Å². The molecule has 2 aliphatic heterocycles. The fraction of sp³-hybridized carbons (Fsp3) is 0.846. The Bertz CT molecular complexity index is 336. The Morgan fingerprint density at radius 2 is 2.17 bits per heavy atom. The number of carbonyl (C=O) groups excluding carboxylic acids is 1. The van der Waals surface area contributed by atoms with E-state index in [1.54, 1.807) is 4.90 Å². The predicted molar refractivity (Wildman–Crippen MR) is 65.1 cm³/mol. The summed E-state index contributed by atoms with van der Waals surface area (Å²) in [4.78, 5) is 25.2. The van der Waals surface area contributed by atoms with Crippen molar-refractivity contribution in [2.45, 2.75) is 32.6 Å². The number of piperidine rings is 1. The zero-order valence-corrected chi connectivity index (χ0v) is 10.9. The Hall–Kier alpha value is -1.10. The van der Waals surface area contributed by atoms with E-state index in [4.69, 9.17) is 9.84 Å². The van der Waals surface area contributed by atoms with Gasteiger partial charge in [0, 0.05) is 19.7 Å². The average molecular weight is 255 g/mol. The van der Waals surface area contributed by atoms with E-state index >= 15 is 0 Å².